The van der Waals surface area contributed by atoms with Crippen LogP contribution < -0.4 is 10.1 Å². The van der Waals surface area contributed by atoms with Gasteiger partial charge in [0, 0.05) is 6.20 Å². The summed E-state index contributed by atoms with van der Waals surface area (Å²) in [6.45, 7) is 3.77. The first-order valence-corrected chi connectivity index (χ1v) is 10.1. The monoisotopic (exact) mass is 436 g/mol. The number of benzene rings is 2. The minimum absolute atomic E-state index is 0.241. The van der Waals surface area contributed by atoms with Gasteiger partial charge in [0.15, 0.2) is 5.11 Å². The molecule has 1 N–H and O–H groups in total. The Labute approximate surface area is 185 Å². The molecule has 0 aliphatic carbocycles. The molecule has 0 radical (unpaired) electrons. The lowest BCUT2D eigenvalue weighted by molar-refractivity contribution is -0.123. The van der Waals surface area contributed by atoms with Crippen LogP contribution in [0.1, 0.15) is 29.8 Å². The van der Waals surface area contributed by atoms with Gasteiger partial charge in [-0.2, -0.15) is 0 Å². The molecule has 1 aromatic heterocycles. The van der Waals surface area contributed by atoms with Crippen LogP contribution in [-0.2, 0) is 4.79 Å². The summed E-state index contributed by atoms with van der Waals surface area (Å²) in [5.41, 5.74) is 3.69. The molecule has 0 spiro atoms. The molecule has 0 unspecified atom stereocenters. The average Bonchev–Trinajstić information content (AvgIpc) is 3.30. The fourth-order valence-corrected chi connectivity index (χ4v) is 3.86. The smallest absolute Gasteiger partial charge is 0.277 e. The molecule has 0 bridgehead atoms. The zero-order chi connectivity index (χ0) is 22.1. The predicted molar refractivity (Wildman–Crippen MR) is 120 cm³/mol. The van der Waals surface area contributed by atoms with E-state index in [1.807, 2.05) is 42.8 Å². The maximum Gasteiger partial charge on any atom is 0.277 e. The minimum Gasteiger partial charge on any atom is -0.495 e. The van der Waals surface area contributed by atoms with Crippen molar-refractivity contribution >= 4 is 29.3 Å². The number of carbonyl (C=O) groups excluding carboxylic acids is 1. The summed E-state index contributed by atoms with van der Waals surface area (Å²) in [5.74, 6) is 0.0830. The first-order valence-electron chi connectivity index (χ1n) is 9.68. The van der Waals surface area contributed by atoms with Gasteiger partial charge in [0.05, 0.1) is 30.9 Å². The molecule has 31 heavy (non-hydrogen) atoms. The zero-order valence-corrected chi connectivity index (χ0v) is 18.1. The molecule has 2 aromatic carbocycles. The van der Waals surface area contributed by atoms with Crippen LogP contribution in [0.3, 0.4) is 0 Å². The van der Waals surface area contributed by atoms with Gasteiger partial charge in [0.2, 0.25) is 0 Å². The van der Waals surface area contributed by atoms with E-state index in [0.29, 0.717) is 16.6 Å². The number of aromatic nitrogens is 2. The highest BCUT2D eigenvalue weighted by Gasteiger charge is 2.34. The molecule has 1 aliphatic rings. The van der Waals surface area contributed by atoms with Crippen molar-refractivity contribution in [3.63, 3.8) is 0 Å². The van der Waals surface area contributed by atoms with Crippen LogP contribution in [0.25, 0.3) is 11.8 Å². The summed E-state index contributed by atoms with van der Waals surface area (Å²) in [6, 6.07) is 11.4. The third-order valence-electron chi connectivity index (χ3n) is 5.15. The molecule has 4 rings (SSSR count). The van der Waals surface area contributed by atoms with Crippen molar-refractivity contribution in [1.82, 2.24) is 19.8 Å². The molecule has 0 saturated carbocycles. The molecule has 1 amide bonds. The van der Waals surface area contributed by atoms with Crippen molar-refractivity contribution in [1.29, 1.82) is 0 Å². The normalized spacial score (nSPS) is 16.0. The summed E-state index contributed by atoms with van der Waals surface area (Å²) in [4.78, 5) is 18.8. The number of hydrogen-bond acceptors (Lipinski definition) is 4. The van der Waals surface area contributed by atoms with E-state index in [1.165, 1.54) is 17.0 Å². The van der Waals surface area contributed by atoms with Crippen molar-refractivity contribution in [2.45, 2.75) is 19.9 Å². The number of thiocarbonyl (C=S) groups is 1. The Morgan fingerprint density at radius 3 is 2.61 bits per heavy atom. The summed E-state index contributed by atoms with van der Waals surface area (Å²) in [5, 5.41) is 3.30. The zero-order valence-electron chi connectivity index (χ0n) is 17.3. The van der Waals surface area contributed by atoms with Crippen LogP contribution in [0, 0.1) is 12.7 Å². The van der Waals surface area contributed by atoms with Crippen molar-refractivity contribution < 1.29 is 13.9 Å². The number of carbonyl (C=O) groups is 1. The molecule has 1 fully saturated rings. The van der Waals surface area contributed by atoms with Crippen LogP contribution in [0.15, 0.2) is 60.7 Å². The van der Waals surface area contributed by atoms with Gasteiger partial charge in [-0.1, -0.05) is 18.2 Å². The van der Waals surface area contributed by atoms with Crippen LogP contribution in [0.5, 0.6) is 5.75 Å². The summed E-state index contributed by atoms with van der Waals surface area (Å²) in [7, 11) is 1.60. The molecule has 1 atom stereocenters. The Kier molecular flexibility index (Phi) is 5.56. The quantitative estimate of drug-likeness (QED) is 0.481. The first kappa shape index (κ1) is 20.7. The maximum atomic E-state index is 13.2. The number of halogens is 1. The number of rotatable bonds is 5. The molecule has 6 nitrogen and oxygen atoms in total. The van der Waals surface area contributed by atoms with Gasteiger partial charge in [-0.15, -0.1) is 0 Å². The number of nitrogens with zero attached hydrogens (tertiary/aromatic N) is 3. The van der Waals surface area contributed by atoms with Crippen molar-refractivity contribution in [2.75, 3.05) is 7.11 Å². The van der Waals surface area contributed by atoms with E-state index >= 15 is 0 Å². The third-order valence-corrected chi connectivity index (χ3v) is 5.45. The molecular weight excluding hydrogens is 415 g/mol. The van der Waals surface area contributed by atoms with E-state index in [4.69, 9.17) is 17.0 Å². The van der Waals surface area contributed by atoms with Gasteiger partial charge in [0.25, 0.3) is 5.91 Å². The Hall–Kier alpha value is -3.52. The van der Waals surface area contributed by atoms with Gasteiger partial charge >= 0.3 is 0 Å². The van der Waals surface area contributed by atoms with Crippen LogP contribution in [0.4, 0.5) is 4.39 Å². The van der Waals surface area contributed by atoms with E-state index in [9.17, 15) is 9.18 Å². The highest BCUT2D eigenvalue weighted by Crippen LogP contribution is 2.29. The minimum atomic E-state index is -0.333. The van der Waals surface area contributed by atoms with Crippen LogP contribution in [0.2, 0.25) is 0 Å². The fourth-order valence-electron chi connectivity index (χ4n) is 3.51. The Morgan fingerprint density at radius 1 is 1.23 bits per heavy atom. The van der Waals surface area contributed by atoms with E-state index < -0.39 is 0 Å². The van der Waals surface area contributed by atoms with E-state index in [2.05, 4.69) is 10.3 Å². The standard InChI is InChI=1S/C23H21FN4O2S/c1-14-12-27(13-25-14)20-9-4-16(11-21(20)30-3)10-19-22(29)28(23(31)26-19)15(2)17-5-7-18(24)8-6-17/h4-13,15H,1-3H3,(H,26,31)/b19-10-/t15-/m0/s1. The van der Waals surface area contributed by atoms with Crippen molar-refractivity contribution in [3.05, 3.63) is 83.3 Å². The SMILES string of the molecule is COc1cc(/C=C2\NC(=S)N([C@@H](C)c3ccc(F)cc3)C2=O)ccc1-n1cnc(C)c1. The highest BCUT2D eigenvalue weighted by molar-refractivity contribution is 7.80. The predicted octanol–water partition coefficient (Wildman–Crippen LogP) is 4.15. The lowest BCUT2D eigenvalue weighted by Gasteiger charge is -2.23. The second-order valence-corrected chi connectivity index (χ2v) is 7.63. The topological polar surface area (TPSA) is 59.4 Å². The Balaban J connectivity index is 1.61. The molecular formula is C23H21FN4O2S. The van der Waals surface area contributed by atoms with E-state index in [-0.39, 0.29) is 17.8 Å². The lowest BCUT2D eigenvalue weighted by Crippen LogP contribution is -2.33. The Morgan fingerprint density at radius 2 is 1.97 bits per heavy atom. The molecule has 158 valence electrons. The van der Waals surface area contributed by atoms with Gasteiger partial charge in [-0.3, -0.25) is 9.69 Å². The number of nitrogens with one attached hydrogen (secondary N) is 1. The Bertz CT molecular complexity index is 1190. The van der Waals surface area contributed by atoms with Crippen molar-refractivity contribution in [2.24, 2.45) is 0 Å². The molecule has 3 aromatic rings. The molecule has 8 heteroatoms. The van der Waals surface area contributed by atoms with Crippen molar-refractivity contribution in [3.8, 4) is 11.4 Å². The van der Waals surface area contributed by atoms with Crippen LogP contribution >= 0.6 is 12.2 Å². The van der Waals surface area contributed by atoms with Gasteiger partial charge in [0.1, 0.15) is 17.3 Å². The first-order chi connectivity index (χ1) is 14.9. The third kappa shape index (κ3) is 4.06. The number of hydrogen-bond donors (Lipinski definition) is 1. The molecule has 1 aliphatic heterocycles. The van der Waals surface area contributed by atoms with Gasteiger partial charge in [-0.05, 0) is 67.5 Å². The highest BCUT2D eigenvalue weighted by atomic mass is 32.1. The van der Waals surface area contributed by atoms with E-state index in [1.54, 1.807) is 31.6 Å². The number of aryl methyl sites for hydroxylation is 1. The second kappa shape index (κ2) is 8.31. The van der Waals surface area contributed by atoms with Gasteiger partial charge in [-0.25, -0.2) is 9.37 Å². The summed E-state index contributed by atoms with van der Waals surface area (Å²) >= 11 is 5.39. The molecule has 2 heterocycles. The fraction of sp³-hybridized carbons (Fsp3) is 0.174. The molecule has 1 saturated heterocycles. The summed E-state index contributed by atoms with van der Waals surface area (Å²) in [6.07, 6.45) is 5.36. The average molecular weight is 437 g/mol. The lowest BCUT2D eigenvalue weighted by atomic mass is 10.1. The maximum absolute atomic E-state index is 13.2. The number of imidazole rings is 1. The number of amides is 1. The number of ether oxygens (including phenoxy) is 1. The summed E-state index contributed by atoms with van der Waals surface area (Å²) < 4.78 is 20.7. The van der Waals surface area contributed by atoms with Gasteiger partial charge < -0.3 is 14.6 Å². The second-order valence-electron chi connectivity index (χ2n) is 7.24. The largest absolute Gasteiger partial charge is 0.495 e. The number of methoxy groups -OCH3 is 1. The van der Waals surface area contributed by atoms with Crippen LogP contribution in [-0.4, -0.2) is 32.6 Å². The van der Waals surface area contributed by atoms with E-state index in [0.717, 1.165) is 22.5 Å².